The van der Waals surface area contributed by atoms with Crippen LogP contribution in [0, 0.1) is 29.3 Å². The van der Waals surface area contributed by atoms with Gasteiger partial charge in [0.25, 0.3) is 5.91 Å². The lowest BCUT2D eigenvalue weighted by atomic mass is 9.90. The maximum atomic E-state index is 12.7. The molecule has 0 spiro atoms. The molecule has 2 atom stereocenters. The van der Waals surface area contributed by atoms with Crippen LogP contribution >= 0.6 is 0 Å². The summed E-state index contributed by atoms with van der Waals surface area (Å²) in [6, 6.07) is 3.70. The van der Waals surface area contributed by atoms with Gasteiger partial charge in [-0.2, -0.15) is 13.2 Å². The van der Waals surface area contributed by atoms with Crippen LogP contribution in [0.15, 0.2) is 42.0 Å². The third-order valence-corrected chi connectivity index (χ3v) is 6.15. The van der Waals surface area contributed by atoms with E-state index >= 15 is 0 Å². The van der Waals surface area contributed by atoms with Gasteiger partial charge in [-0.05, 0) is 69.2 Å². The summed E-state index contributed by atoms with van der Waals surface area (Å²) in [5.41, 5.74) is 4.08. The van der Waals surface area contributed by atoms with E-state index in [1.807, 2.05) is 19.2 Å². The van der Waals surface area contributed by atoms with E-state index in [-0.39, 0.29) is 30.8 Å². The van der Waals surface area contributed by atoms with E-state index in [1.165, 1.54) is 38.4 Å². The van der Waals surface area contributed by atoms with Crippen molar-refractivity contribution in [2.24, 2.45) is 17.6 Å². The van der Waals surface area contributed by atoms with Crippen LogP contribution in [0.5, 0.6) is 5.75 Å². The summed E-state index contributed by atoms with van der Waals surface area (Å²) in [6.45, 7) is 8.26. The van der Waals surface area contributed by atoms with Gasteiger partial charge in [-0.25, -0.2) is 13.2 Å². The van der Waals surface area contributed by atoms with Crippen LogP contribution in [-0.4, -0.2) is 30.1 Å². The number of anilines is 1. The van der Waals surface area contributed by atoms with Crippen molar-refractivity contribution < 1.29 is 45.8 Å². The SMILES string of the molecule is C.CCCC1CCC(C)/C1=C/C(C)(C)O.COc1cc(F)c(F)cc1C(N)=O.O=CNc1ccc(F)c(C(F)(F)F)c1. The number of amides is 2. The third kappa shape index (κ3) is 12.1. The number of alkyl halides is 3. The minimum atomic E-state index is -4.76. The smallest absolute Gasteiger partial charge is 0.419 e. The lowest BCUT2D eigenvalue weighted by Gasteiger charge is -2.19. The highest BCUT2D eigenvalue weighted by Gasteiger charge is 2.34. The molecule has 1 saturated carbocycles. The zero-order valence-electron chi connectivity index (χ0n) is 23.5. The molecule has 1 aliphatic carbocycles. The molecule has 42 heavy (non-hydrogen) atoms. The Morgan fingerprint density at radius 1 is 1.10 bits per heavy atom. The first-order valence-electron chi connectivity index (χ1n) is 12.8. The molecule has 1 aliphatic rings. The van der Waals surface area contributed by atoms with Gasteiger partial charge in [-0.15, -0.1) is 0 Å². The fourth-order valence-corrected chi connectivity index (χ4v) is 4.30. The Bertz CT molecular complexity index is 1210. The maximum Gasteiger partial charge on any atom is 0.419 e. The van der Waals surface area contributed by atoms with E-state index in [4.69, 9.17) is 5.73 Å². The van der Waals surface area contributed by atoms with Gasteiger partial charge in [-0.3, -0.25) is 9.59 Å². The lowest BCUT2D eigenvalue weighted by molar-refractivity contribution is -0.140. The number of rotatable bonds is 7. The number of hydrogen-bond acceptors (Lipinski definition) is 4. The molecular weight excluding hydrogens is 566 g/mol. The van der Waals surface area contributed by atoms with Crippen molar-refractivity contribution in [3.05, 3.63) is 70.6 Å². The Morgan fingerprint density at radius 2 is 1.69 bits per heavy atom. The van der Waals surface area contributed by atoms with Crippen molar-refractivity contribution in [1.29, 1.82) is 0 Å². The summed E-state index contributed by atoms with van der Waals surface area (Å²) < 4.78 is 78.9. The summed E-state index contributed by atoms with van der Waals surface area (Å²) in [5, 5.41) is 11.8. The Labute approximate surface area is 242 Å². The van der Waals surface area contributed by atoms with E-state index in [0.29, 0.717) is 24.1 Å². The first-order valence-corrected chi connectivity index (χ1v) is 12.8. The van der Waals surface area contributed by atoms with E-state index in [1.54, 1.807) is 0 Å². The van der Waals surface area contributed by atoms with Crippen LogP contribution in [0.4, 0.5) is 32.0 Å². The van der Waals surface area contributed by atoms with Gasteiger partial charge < -0.3 is 20.9 Å². The number of ether oxygens (including phenoxy) is 1. The van der Waals surface area contributed by atoms with Gasteiger partial charge in [0.1, 0.15) is 11.6 Å². The van der Waals surface area contributed by atoms with Crippen LogP contribution in [0.2, 0.25) is 0 Å². The van der Waals surface area contributed by atoms with E-state index in [9.17, 15) is 41.0 Å². The molecule has 0 radical (unpaired) electrons. The van der Waals surface area contributed by atoms with Crippen molar-refractivity contribution in [1.82, 2.24) is 0 Å². The second-order valence-electron chi connectivity index (χ2n) is 10.0. The summed E-state index contributed by atoms with van der Waals surface area (Å²) in [7, 11) is 1.24. The second-order valence-corrected chi connectivity index (χ2v) is 10.0. The van der Waals surface area contributed by atoms with Crippen molar-refractivity contribution in [3.8, 4) is 5.75 Å². The molecule has 0 bridgehead atoms. The number of allylic oxidation sites excluding steroid dienone is 1. The molecule has 12 heteroatoms. The number of primary amides is 1. The number of nitrogens with one attached hydrogen (secondary N) is 1. The molecule has 1 fully saturated rings. The quantitative estimate of drug-likeness (QED) is 0.171. The second kappa shape index (κ2) is 16.8. The first kappa shape index (κ1) is 38.5. The van der Waals surface area contributed by atoms with Crippen LogP contribution in [-0.2, 0) is 11.0 Å². The number of hydrogen-bond donors (Lipinski definition) is 3. The van der Waals surface area contributed by atoms with Gasteiger partial charge in [0.05, 0.1) is 23.8 Å². The zero-order valence-corrected chi connectivity index (χ0v) is 23.5. The van der Waals surface area contributed by atoms with E-state index in [0.717, 1.165) is 18.1 Å². The standard InChI is InChI=1S/C13H24O.C8H5F4NO.C8H7F2NO2.CH4/c1-5-6-11-8-7-10(2)12(11)9-13(3,4)14;9-7-2-1-5(13-4-14)3-6(7)8(10,11)12;1-13-7-3-6(10)5(9)2-4(7)8(11)12;/h9-11,14H,5-8H2,1-4H3;1-4H,(H,13,14);2-3H,1H3,(H2,11,12);1H4/b12-9-;;;. The predicted molar refractivity (Wildman–Crippen MR) is 150 cm³/mol. The number of carbonyl (C=O) groups is 2. The molecule has 0 aliphatic heterocycles. The Balaban J connectivity index is 0.000000594. The van der Waals surface area contributed by atoms with Crippen molar-refractivity contribution in [3.63, 3.8) is 0 Å². The molecule has 2 amide bonds. The Morgan fingerprint density at radius 3 is 2.17 bits per heavy atom. The largest absolute Gasteiger partial charge is 0.496 e. The highest BCUT2D eigenvalue weighted by molar-refractivity contribution is 5.95. The topological polar surface area (TPSA) is 102 Å². The average Bonchev–Trinajstić information content (AvgIpc) is 3.19. The number of nitrogens with two attached hydrogens (primary N) is 1. The molecular formula is C30H40F6N2O4. The highest BCUT2D eigenvalue weighted by atomic mass is 19.4. The molecule has 0 heterocycles. The summed E-state index contributed by atoms with van der Waals surface area (Å²) in [5.74, 6) is -3.10. The Kier molecular flexibility index (Phi) is 15.4. The van der Waals surface area contributed by atoms with Crippen molar-refractivity contribution >= 4 is 18.0 Å². The first-order chi connectivity index (χ1) is 18.9. The molecule has 6 nitrogen and oxygen atoms in total. The maximum absolute atomic E-state index is 12.7. The van der Waals surface area contributed by atoms with E-state index in [2.05, 4.69) is 24.7 Å². The molecule has 3 rings (SSSR count). The highest BCUT2D eigenvalue weighted by Crippen LogP contribution is 2.40. The van der Waals surface area contributed by atoms with Gasteiger partial charge in [-0.1, -0.05) is 39.3 Å². The lowest BCUT2D eigenvalue weighted by Crippen LogP contribution is -2.17. The fraction of sp³-hybridized carbons (Fsp3) is 0.467. The Hall–Kier alpha value is -3.54. The van der Waals surface area contributed by atoms with E-state index < -0.39 is 40.7 Å². The zero-order chi connectivity index (χ0) is 31.5. The molecule has 0 aromatic heterocycles. The van der Waals surface area contributed by atoms with Gasteiger partial charge in [0.15, 0.2) is 11.6 Å². The van der Waals surface area contributed by atoms with Crippen LogP contribution in [0.3, 0.4) is 0 Å². The van der Waals surface area contributed by atoms with Crippen LogP contribution < -0.4 is 15.8 Å². The molecule has 2 aromatic carbocycles. The fourth-order valence-electron chi connectivity index (χ4n) is 4.30. The van der Waals surface area contributed by atoms with Crippen LogP contribution in [0.25, 0.3) is 0 Å². The number of methoxy groups -OCH3 is 1. The number of benzene rings is 2. The van der Waals surface area contributed by atoms with Crippen LogP contribution in [0.1, 0.15) is 76.7 Å². The van der Waals surface area contributed by atoms with Crippen molar-refractivity contribution in [2.45, 2.75) is 72.6 Å². The van der Waals surface area contributed by atoms with Gasteiger partial charge in [0, 0.05) is 11.8 Å². The minimum absolute atomic E-state index is 0. The summed E-state index contributed by atoms with van der Waals surface area (Å²) in [4.78, 5) is 20.6. The van der Waals surface area contributed by atoms with Gasteiger partial charge in [0.2, 0.25) is 6.41 Å². The minimum Gasteiger partial charge on any atom is -0.496 e. The number of halogens is 6. The van der Waals surface area contributed by atoms with Gasteiger partial charge >= 0.3 is 6.18 Å². The van der Waals surface area contributed by atoms with Crippen molar-refractivity contribution in [2.75, 3.05) is 12.4 Å². The summed E-state index contributed by atoms with van der Waals surface area (Å²) >= 11 is 0. The average molecular weight is 607 g/mol. The number of aliphatic hydroxyl groups is 1. The summed E-state index contributed by atoms with van der Waals surface area (Å²) in [6.07, 6.45) is 2.69. The number of carbonyl (C=O) groups excluding carboxylic acids is 2. The third-order valence-electron chi connectivity index (χ3n) is 6.15. The monoisotopic (exact) mass is 606 g/mol. The predicted octanol–water partition coefficient (Wildman–Crippen LogP) is 7.65. The molecule has 2 aromatic rings. The molecule has 236 valence electrons. The molecule has 4 N–H and O–H groups in total. The molecule has 2 unspecified atom stereocenters. The molecule has 0 saturated heterocycles. The normalized spacial score (nSPS) is 17.2.